The second-order valence-corrected chi connectivity index (χ2v) is 12.0. The lowest BCUT2D eigenvalue weighted by Crippen LogP contribution is -2.42. The Morgan fingerprint density at radius 2 is 1.87 bits per heavy atom. The minimum atomic E-state index is -3.88. The third-order valence-electron chi connectivity index (χ3n) is 7.43. The van der Waals surface area contributed by atoms with Crippen molar-refractivity contribution in [1.29, 1.82) is 0 Å². The van der Waals surface area contributed by atoms with Crippen LogP contribution in [0.25, 0.3) is 17.4 Å². The maximum atomic E-state index is 13.6. The van der Waals surface area contributed by atoms with Crippen LogP contribution in [0.3, 0.4) is 0 Å². The van der Waals surface area contributed by atoms with Crippen molar-refractivity contribution < 1.29 is 32.1 Å². The van der Waals surface area contributed by atoms with Crippen molar-refractivity contribution >= 4 is 40.3 Å². The lowest BCUT2D eigenvalue weighted by molar-refractivity contribution is 0.0962. The second-order valence-electron chi connectivity index (χ2n) is 10.1. The van der Waals surface area contributed by atoms with Gasteiger partial charge in [-0.1, -0.05) is 19.1 Å². The van der Waals surface area contributed by atoms with E-state index in [2.05, 4.69) is 5.32 Å². The molecule has 1 saturated carbocycles. The van der Waals surface area contributed by atoms with Gasteiger partial charge in [0.05, 0.1) is 17.5 Å². The van der Waals surface area contributed by atoms with Crippen molar-refractivity contribution in [2.75, 3.05) is 17.6 Å². The van der Waals surface area contributed by atoms with Crippen LogP contribution in [0.5, 0.6) is 0 Å². The summed E-state index contributed by atoms with van der Waals surface area (Å²) in [5.74, 6) is 0.0202. The van der Waals surface area contributed by atoms with Gasteiger partial charge in [0.15, 0.2) is 0 Å². The van der Waals surface area contributed by atoms with E-state index in [4.69, 9.17) is 4.42 Å². The molecule has 1 fully saturated rings. The van der Waals surface area contributed by atoms with Crippen LogP contribution in [0.15, 0.2) is 58.6 Å². The normalized spacial score (nSPS) is 18.9. The number of furan rings is 1. The monoisotopic (exact) mass is 538 g/mol. The summed E-state index contributed by atoms with van der Waals surface area (Å²) in [6.45, 7) is 1.99. The number of halogens is 1. The van der Waals surface area contributed by atoms with Crippen molar-refractivity contribution in [2.45, 2.75) is 26.2 Å². The van der Waals surface area contributed by atoms with E-state index in [1.54, 1.807) is 18.2 Å². The molecule has 2 aliphatic rings. The molecule has 11 heteroatoms. The summed E-state index contributed by atoms with van der Waals surface area (Å²) in [5.41, 5.74) is 1.74. The SMILES string of the molecule is CNC(=O)c1c(-c2ccc(F)cc2)oc2c1CC(C)(C1CC1)C(N(c1cccc(B(O)O)c1)S(C)(=O)=O)=C2. The van der Waals surface area contributed by atoms with Crippen molar-refractivity contribution in [1.82, 2.24) is 5.32 Å². The van der Waals surface area contributed by atoms with Gasteiger partial charge >= 0.3 is 7.12 Å². The molecule has 1 atom stereocenters. The fraction of sp³-hybridized carbons (Fsp3) is 0.296. The number of sulfonamides is 1. The number of carbonyl (C=O) groups excluding carboxylic acids is 1. The number of fused-ring (bicyclic) bond motifs is 1. The van der Waals surface area contributed by atoms with Gasteiger partial charge in [-0.2, -0.15) is 0 Å². The largest absolute Gasteiger partial charge is 0.488 e. The van der Waals surface area contributed by atoms with Gasteiger partial charge in [0.25, 0.3) is 5.91 Å². The first-order valence-electron chi connectivity index (χ1n) is 12.3. The maximum absolute atomic E-state index is 13.6. The lowest BCUT2D eigenvalue weighted by atomic mass is 9.71. The first-order valence-corrected chi connectivity index (χ1v) is 14.1. The third-order valence-corrected chi connectivity index (χ3v) is 8.50. The average molecular weight is 538 g/mol. The zero-order valence-electron chi connectivity index (χ0n) is 21.2. The highest BCUT2D eigenvalue weighted by Crippen LogP contribution is 2.57. The predicted molar refractivity (Wildman–Crippen MR) is 144 cm³/mol. The van der Waals surface area contributed by atoms with E-state index in [0.717, 1.165) is 19.1 Å². The molecule has 198 valence electrons. The van der Waals surface area contributed by atoms with Crippen LogP contribution in [0.2, 0.25) is 0 Å². The summed E-state index contributed by atoms with van der Waals surface area (Å²) in [4.78, 5) is 13.1. The number of benzene rings is 2. The number of hydrogen-bond donors (Lipinski definition) is 3. The Hall–Kier alpha value is -3.41. The first-order chi connectivity index (χ1) is 17.9. The van der Waals surface area contributed by atoms with Gasteiger partial charge in [0.1, 0.15) is 17.3 Å². The van der Waals surface area contributed by atoms with E-state index < -0.39 is 28.4 Å². The Labute approximate surface area is 221 Å². The molecule has 38 heavy (non-hydrogen) atoms. The van der Waals surface area contributed by atoms with Crippen molar-refractivity contribution in [3.05, 3.63) is 76.9 Å². The molecule has 0 bridgehead atoms. The van der Waals surface area contributed by atoms with Crippen LogP contribution in [0.1, 0.15) is 41.4 Å². The molecule has 2 aromatic carbocycles. The molecule has 0 saturated heterocycles. The Bertz CT molecular complexity index is 1550. The van der Waals surface area contributed by atoms with E-state index in [9.17, 15) is 27.7 Å². The van der Waals surface area contributed by atoms with Crippen molar-refractivity contribution in [3.8, 4) is 11.3 Å². The molecule has 3 aromatic rings. The number of allylic oxidation sites excluding steroid dienone is 1. The molecule has 0 radical (unpaired) electrons. The number of nitrogens with one attached hydrogen (secondary N) is 1. The van der Waals surface area contributed by atoms with Gasteiger partial charge in [0, 0.05) is 35.4 Å². The van der Waals surface area contributed by atoms with Gasteiger partial charge in [-0.25, -0.2) is 17.1 Å². The van der Waals surface area contributed by atoms with Crippen LogP contribution in [-0.4, -0.2) is 44.8 Å². The zero-order chi connectivity index (χ0) is 27.4. The molecule has 3 N–H and O–H groups in total. The molecule has 8 nitrogen and oxygen atoms in total. The number of amides is 1. The van der Waals surface area contributed by atoms with Gasteiger partial charge in [-0.15, -0.1) is 0 Å². The highest BCUT2D eigenvalue weighted by molar-refractivity contribution is 7.92. The number of nitrogens with zero attached hydrogens (tertiary/aromatic N) is 1. The summed E-state index contributed by atoms with van der Waals surface area (Å²) in [6, 6.07) is 11.7. The molecule has 0 spiro atoms. The van der Waals surface area contributed by atoms with Crippen LogP contribution < -0.4 is 15.1 Å². The van der Waals surface area contributed by atoms with E-state index in [-0.39, 0.29) is 28.7 Å². The molecular formula is C27H28BFN2O6S. The first kappa shape index (κ1) is 26.2. The topological polar surface area (TPSA) is 120 Å². The quantitative estimate of drug-likeness (QED) is 0.398. The number of rotatable bonds is 7. The van der Waals surface area contributed by atoms with Gasteiger partial charge < -0.3 is 19.8 Å². The number of hydrogen-bond acceptors (Lipinski definition) is 6. The standard InChI is InChI=1S/C27H28BFN2O6S/c1-27(17-9-10-17)15-21-22(37-25(24(21)26(32)30-2)16-7-11-19(29)12-8-16)14-23(27)31(38(3,35)36)20-6-4-5-18(13-20)28(33)34/h4-8,11-14,17,33-34H,9-10,15H2,1-3H3,(H,30,32). The minimum absolute atomic E-state index is 0.153. The van der Waals surface area contributed by atoms with Gasteiger partial charge in [-0.3, -0.25) is 4.79 Å². The Kier molecular flexibility index (Phi) is 6.49. The molecule has 5 rings (SSSR count). The molecular weight excluding hydrogens is 510 g/mol. The molecule has 1 amide bonds. The summed E-state index contributed by atoms with van der Waals surface area (Å²) >= 11 is 0. The van der Waals surface area contributed by atoms with Crippen LogP contribution in [-0.2, 0) is 16.4 Å². The van der Waals surface area contributed by atoms with E-state index in [1.807, 2.05) is 6.92 Å². The summed E-state index contributed by atoms with van der Waals surface area (Å²) in [7, 11) is -4.13. The fourth-order valence-corrected chi connectivity index (χ4v) is 6.49. The average Bonchev–Trinajstić information content (AvgIpc) is 3.67. The highest BCUT2D eigenvalue weighted by Gasteiger charge is 2.51. The van der Waals surface area contributed by atoms with Gasteiger partial charge in [0.2, 0.25) is 10.0 Å². The van der Waals surface area contributed by atoms with Crippen molar-refractivity contribution in [3.63, 3.8) is 0 Å². The predicted octanol–water partition coefficient (Wildman–Crippen LogP) is 2.90. The lowest BCUT2D eigenvalue weighted by Gasteiger charge is -2.41. The zero-order valence-corrected chi connectivity index (χ0v) is 22.0. The molecule has 1 heterocycles. The Balaban J connectivity index is 1.75. The van der Waals surface area contributed by atoms with Crippen LogP contribution in [0, 0.1) is 17.2 Å². The number of anilines is 1. The molecule has 0 aliphatic heterocycles. The van der Waals surface area contributed by atoms with Crippen molar-refractivity contribution in [2.24, 2.45) is 11.3 Å². The summed E-state index contributed by atoms with van der Waals surface area (Å²) < 4.78 is 47.6. The highest BCUT2D eigenvalue weighted by atomic mass is 32.2. The van der Waals surface area contributed by atoms with Crippen LogP contribution in [0.4, 0.5) is 10.1 Å². The summed E-state index contributed by atoms with van der Waals surface area (Å²) in [5, 5.41) is 22.1. The fourth-order valence-electron chi connectivity index (χ4n) is 5.38. The molecule has 1 aromatic heterocycles. The van der Waals surface area contributed by atoms with E-state index in [1.165, 1.54) is 47.8 Å². The Morgan fingerprint density at radius 3 is 2.45 bits per heavy atom. The van der Waals surface area contributed by atoms with Crippen LogP contribution >= 0.6 is 0 Å². The summed E-state index contributed by atoms with van der Waals surface area (Å²) in [6.07, 6.45) is 4.91. The minimum Gasteiger partial charge on any atom is -0.455 e. The van der Waals surface area contributed by atoms with Gasteiger partial charge in [-0.05, 0) is 67.0 Å². The molecule has 2 aliphatic carbocycles. The van der Waals surface area contributed by atoms with E-state index in [0.29, 0.717) is 34.6 Å². The maximum Gasteiger partial charge on any atom is 0.488 e. The molecule has 1 unspecified atom stereocenters. The van der Waals surface area contributed by atoms with E-state index >= 15 is 0 Å². The third kappa shape index (κ3) is 4.55. The Morgan fingerprint density at radius 1 is 1.18 bits per heavy atom. The smallest absolute Gasteiger partial charge is 0.455 e. The number of carbonyl (C=O) groups is 1. The second kappa shape index (κ2) is 9.41.